The molecule has 0 radical (unpaired) electrons. The van der Waals surface area contributed by atoms with Crippen LogP contribution in [0, 0.1) is 0 Å². The SMILES string of the molecule is COC(=O)Nc1ccc(C(=O)NC2CCCCC2)cc1. The summed E-state index contributed by atoms with van der Waals surface area (Å²) in [4.78, 5) is 23.1. The normalized spacial score (nSPS) is 15.4. The molecule has 1 aromatic carbocycles. The Morgan fingerprint density at radius 1 is 1.10 bits per heavy atom. The van der Waals surface area contributed by atoms with E-state index in [0.717, 1.165) is 12.8 Å². The number of methoxy groups -OCH3 is 1. The molecule has 0 bridgehead atoms. The Hall–Kier alpha value is -2.04. The van der Waals surface area contributed by atoms with E-state index in [0.29, 0.717) is 17.3 Å². The van der Waals surface area contributed by atoms with Crippen molar-refractivity contribution in [1.29, 1.82) is 0 Å². The first-order valence-electron chi connectivity index (χ1n) is 6.95. The second-order valence-corrected chi connectivity index (χ2v) is 5.00. The van der Waals surface area contributed by atoms with Crippen molar-refractivity contribution in [1.82, 2.24) is 5.32 Å². The van der Waals surface area contributed by atoms with Crippen LogP contribution in [0.2, 0.25) is 0 Å². The highest BCUT2D eigenvalue weighted by molar-refractivity contribution is 5.95. The van der Waals surface area contributed by atoms with Gasteiger partial charge in [0.25, 0.3) is 5.91 Å². The molecule has 0 atom stereocenters. The molecule has 5 heteroatoms. The van der Waals surface area contributed by atoms with Crippen molar-refractivity contribution in [3.05, 3.63) is 29.8 Å². The van der Waals surface area contributed by atoms with Crippen molar-refractivity contribution in [2.75, 3.05) is 12.4 Å². The van der Waals surface area contributed by atoms with Crippen molar-refractivity contribution >= 4 is 17.7 Å². The van der Waals surface area contributed by atoms with E-state index in [1.54, 1.807) is 24.3 Å². The fourth-order valence-corrected chi connectivity index (χ4v) is 2.39. The van der Waals surface area contributed by atoms with Gasteiger partial charge in [0.2, 0.25) is 0 Å². The number of rotatable bonds is 3. The number of ether oxygens (including phenoxy) is 1. The molecule has 0 heterocycles. The van der Waals surface area contributed by atoms with Crippen molar-refractivity contribution in [3.8, 4) is 0 Å². The third kappa shape index (κ3) is 3.98. The van der Waals surface area contributed by atoms with Crippen LogP contribution in [0.1, 0.15) is 42.5 Å². The largest absolute Gasteiger partial charge is 0.453 e. The Morgan fingerprint density at radius 3 is 2.35 bits per heavy atom. The fourth-order valence-electron chi connectivity index (χ4n) is 2.39. The predicted molar refractivity (Wildman–Crippen MR) is 76.8 cm³/mol. The highest BCUT2D eigenvalue weighted by Gasteiger charge is 2.16. The van der Waals surface area contributed by atoms with Gasteiger partial charge < -0.3 is 10.1 Å². The molecule has 2 rings (SSSR count). The molecule has 1 fully saturated rings. The lowest BCUT2D eigenvalue weighted by Crippen LogP contribution is -2.36. The van der Waals surface area contributed by atoms with E-state index in [4.69, 9.17) is 0 Å². The average Bonchev–Trinajstić information content (AvgIpc) is 2.49. The summed E-state index contributed by atoms with van der Waals surface area (Å²) in [6.07, 6.45) is 5.24. The van der Waals surface area contributed by atoms with Crippen molar-refractivity contribution in [2.45, 2.75) is 38.1 Å². The molecular formula is C15H20N2O3. The molecule has 0 spiro atoms. The summed E-state index contributed by atoms with van der Waals surface area (Å²) < 4.78 is 4.50. The first-order valence-corrected chi connectivity index (χ1v) is 6.95. The Bertz CT molecular complexity index is 465. The van der Waals surface area contributed by atoms with E-state index < -0.39 is 6.09 Å². The third-order valence-electron chi connectivity index (χ3n) is 3.52. The van der Waals surface area contributed by atoms with Gasteiger partial charge in [-0.1, -0.05) is 19.3 Å². The summed E-state index contributed by atoms with van der Waals surface area (Å²) in [7, 11) is 1.31. The summed E-state index contributed by atoms with van der Waals surface area (Å²) in [6.45, 7) is 0. The fraction of sp³-hybridized carbons (Fsp3) is 0.467. The lowest BCUT2D eigenvalue weighted by atomic mass is 9.95. The van der Waals surface area contributed by atoms with Crippen molar-refractivity contribution in [2.24, 2.45) is 0 Å². The molecule has 2 N–H and O–H groups in total. The molecule has 1 aliphatic rings. The average molecular weight is 276 g/mol. The van der Waals surface area contributed by atoms with Crippen LogP contribution >= 0.6 is 0 Å². The van der Waals surface area contributed by atoms with Gasteiger partial charge in [0.15, 0.2) is 0 Å². The number of hydrogen-bond donors (Lipinski definition) is 2. The second-order valence-electron chi connectivity index (χ2n) is 5.00. The summed E-state index contributed by atoms with van der Waals surface area (Å²) in [5.41, 5.74) is 1.21. The van der Waals surface area contributed by atoms with Crippen LogP contribution in [-0.4, -0.2) is 25.2 Å². The zero-order chi connectivity index (χ0) is 14.4. The van der Waals surface area contributed by atoms with Gasteiger partial charge in [0.05, 0.1) is 7.11 Å². The predicted octanol–water partition coefficient (Wildman–Crippen LogP) is 2.93. The van der Waals surface area contributed by atoms with Crippen molar-refractivity contribution in [3.63, 3.8) is 0 Å². The van der Waals surface area contributed by atoms with Crippen LogP contribution in [0.3, 0.4) is 0 Å². The summed E-state index contributed by atoms with van der Waals surface area (Å²) in [5, 5.41) is 5.60. The minimum absolute atomic E-state index is 0.0541. The number of carbonyl (C=O) groups excluding carboxylic acids is 2. The molecule has 20 heavy (non-hydrogen) atoms. The van der Waals surface area contributed by atoms with Crippen LogP contribution in [0.5, 0.6) is 0 Å². The van der Waals surface area contributed by atoms with E-state index in [-0.39, 0.29) is 5.91 Å². The molecule has 1 aliphatic carbocycles. The molecule has 5 nitrogen and oxygen atoms in total. The maximum absolute atomic E-state index is 12.1. The number of hydrogen-bond acceptors (Lipinski definition) is 3. The van der Waals surface area contributed by atoms with Gasteiger partial charge in [-0.15, -0.1) is 0 Å². The first-order chi connectivity index (χ1) is 9.69. The van der Waals surface area contributed by atoms with Crippen LogP contribution in [0.15, 0.2) is 24.3 Å². The Morgan fingerprint density at radius 2 is 1.75 bits per heavy atom. The Kier molecular flexibility index (Phi) is 4.98. The van der Waals surface area contributed by atoms with E-state index in [1.807, 2.05) is 0 Å². The van der Waals surface area contributed by atoms with Gasteiger partial charge in [-0.2, -0.15) is 0 Å². The molecular weight excluding hydrogens is 256 g/mol. The summed E-state index contributed by atoms with van der Waals surface area (Å²) in [5.74, 6) is -0.0541. The lowest BCUT2D eigenvalue weighted by molar-refractivity contribution is 0.0927. The first kappa shape index (κ1) is 14.4. The van der Waals surface area contributed by atoms with Gasteiger partial charge in [0, 0.05) is 17.3 Å². The number of benzene rings is 1. The second kappa shape index (κ2) is 6.93. The van der Waals surface area contributed by atoms with E-state index in [1.165, 1.54) is 26.4 Å². The molecule has 0 unspecified atom stereocenters. The quantitative estimate of drug-likeness (QED) is 0.892. The Balaban J connectivity index is 1.91. The van der Waals surface area contributed by atoms with E-state index in [2.05, 4.69) is 15.4 Å². The molecule has 2 amide bonds. The highest BCUT2D eigenvalue weighted by Crippen LogP contribution is 2.18. The van der Waals surface area contributed by atoms with Crippen LogP contribution in [0.4, 0.5) is 10.5 Å². The van der Waals surface area contributed by atoms with Crippen LogP contribution in [0.25, 0.3) is 0 Å². The minimum Gasteiger partial charge on any atom is -0.453 e. The van der Waals surface area contributed by atoms with Gasteiger partial charge >= 0.3 is 6.09 Å². The van der Waals surface area contributed by atoms with Gasteiger partial charge in [-0.05, 0) is 37.1 Å². The standard InChI is InChI=1S/C15H20N2O3/c1-20-15(19)17-13-9-7-11(8-10-13)14(18)16-12-5-3-2-4-6-12/h7-10,12H,2-6H2,1H3,(H,16,18)(H,17,19). The third-order valence-corrected chi connectivity index (χ3v) is 3.52. The molecule has 0 aromatic heterocycles. The maximum Gasteiger partial charge on any atom is 0.411 e. The summed E-state index contributed by atoms with van der Waals surface area (Å²) >= 11 is 0. The van der Waals surface area contributed by atoms with Gasteiger partial charge in [0.1, 0.15) is 0 Å². The van der Waals surface area contributed by atoms with Crippen LogP contribution < -0.4 is 10.6 Å². The zero-order valence-corrected chi connectivity index (χ0v) is 11.6. The molecule has 0 saturated heterocycles. The monoisotopic (exact) mass is 276 g/mol. The zero-order valence-electron chi connectivity index (χ0n) is 11.6. The number of anilines is 1. The maximum atomic E-state index is 12.1. The van der Waals surface area contributed by atoms with E-state index >= 15 is 0 Å². The van der Waals surface area contributed by atoms with Gasteiger partial charge in [-0.25, -0.2) is 4.79 Å². The molecule has 108 valence electrons. The van der Waals surface area contributed by atoms with E-state index in [9.17, 15) is 9.59 Å². The highest BCUT2D eigenvalue weighted by atomic mass is 16.5. The van der Waals surface area contributed by atoms with Gasteiger partial charge in [-0.3, -0.25) is 10.1 Å². The Labute approximate surface area is 118 Å². The smallest absolute Gasteiger partial charge is 0.411 e. The lowest BCUT2D eigenvalue weighted by Gasteiger charge is -2.22. The summed E-state index contributed by atoms with van der Waals surface area (Å²) in [6, 6.07) is 7.07. The number of amides is 2. The van der Waals surface area contributed by atoms with Crippen molar-refractivity contribution < 1.29 is 14.3 Å². The molecule has 0 aliphatic heterocycles. The van der Waals surface area contributed by atoms with Crippen LogP contribution in [-0.2, 0) is 4.74 Å². The molecule has 1 aromatic rings. The minimum atomic E-state index is -0.524. The molecule has 1 saturated carbocycles. The number of nitrogens with one attached hydrogen (secondary N) is 2. The number of carbonyl (C=O) groups is 2. The topological polar surface area (TPSA) is 67.4 Å².